The van der Waals surface area contributed by atoms with Gasteiger partial charge in [0.2, 0.25) is 0 Å². The fourth-order valence-electron chi connectivity index (χ4n) is 2.17. The summed E-state index contributed by atoms with van der Waals surface area (Å²) in [6.45, 7) is 13.0. The average molecular weight is 200 g/mol. The topological polar surface area (TPSA) is 24.1 Å². The van der Waals surface area contributed by atoms with E-state index in [4.69, 9.17) is 0 Å². The minimum absolute atomic E-state index is 0.933. The fraction of sp³-hybridized carbons (Fsp3) is 1.00. The van der Waals surface area contributed by atoms with E-state index in [1.807, 2.05) is 27.7 Å². The Hall–Kier alpha value is -0.0800. The molecule has 0 aromatic heterocycles. The quantitative estimate of drug-likeness (QED) is 0.627. The highest BCUT2D eigenvalue weighted by molar-refractivity contribution is 4.83. The highest BCUT2D eigenvalue weighted by atomic mass is 14.9. The van der Waals surface area contributed by atoms with E-state index < -0.39 is 0 Å². The Morgan fingerprint density at radius 2 is 1.14 bits per heavy atom. The molecule has 0 amide bonds. The Kier molecular flexibility index (Phi) is 9.42. The molecule has 2 aliphatic rings. The number of rotatable bonds is 0. The molecule has 0 unspecified atom stereocenters. The van der Waals surface area contributed by atoms with Crippen LogP contribution in [0.5, 0.6) is 0 Å². The van der Waals surface area contributed by atoms with Crippen molar-refractivity contribution in [2.75, 3.05) is 26.2 Å². The molecule has 0 bridgehead atoms. The predicted molar refractivity (Wildman–Crippen MR) is 64.6 cm³/mol. The number of fused-ring (bicyclic) bond motifs is 1. The van der Waals surface area contributed by atoms with Crippen molar-refractivity contribution in [1.82, 2.24) is 10.6 Å². The first-order valence-corrected chi connectivity index (χ1v) is 6.38. The molecule has 2 rings (SSSR count). The van der Waals surface area contributed by atoms with E-state index in [2.05, 4.69) is 10.6 Å². The lowest BCUT2D eigenvalue weighted by Crippen LogP contribution is -2.46. The lowest BCUT2D eigenvalue weighted by atomic mass is 9.82. The van der Waals surface area contributed by atoms with Crippen LogP contribution in [0.2, 0.25) is 0 Å². The largest absolute Gasteiger partial charge is 0.316 e. The zero-order valence-electron chi connectivity index (χ0n) is 10.4. The van der Waals surface area contributed by atoms with Crippen molar-refractivity contribution >= 4 is 0 Å². The van der Waals surface area contributed by atoms with Gasteiger partial charge in [-0.05, 0) is 50.9 Å². The van der Waals surface area contributed by atoms with Crippen LogP contribution in [-0.2, 0) is 0 Å². The summed E-state index contributed by atoms with van der Waals surface area (Å²) in [6.07, 6.45) is 2.82. The molecule has 2 fully saturated rings. The van der Waals surface area contributed by atoms with Crippen LogP contribution in [0, 0.1) is 11.8 Å². The summed E-state index contributed by atoms with van der Waals surface area (Å²) in [6, 6.07) is 0. The summed E-state index contributed by atoms with van der Waals surface area (Å²) in [7, 11) is 0. The van der Waals surface area contributed by atoms with Crippen molar-refractivity contribution in [3.05, 3.63) is 0 Å². The van der Waals surface area contributed by atoms with Crippen molar-refractivity contribution in [2.45, 2.75) is 40.5 Å². The lowest BCUT2D eigenvalue weighted by molar-refractivity contribution is 0.200. The van der Waals surface area contributed by atoms with E-state index in [9.17, 15) is 0 Å². The first kappa shape index (κ1) is 13.9. The molecule has 2 heterocycles. The first-order chi connectivity index (χ1) is 6.97. The molecule has 0 radical (unpaired) electrons. The smallest absolute Gasteiger partial charge is 0.000570 e. The van der Waals surface area contributed by atoms with Crippen LogP contribution >= 0.6 is 0 Å². The molecule has 0 aromatic carbocycles. The van der Waals surface area contributed by atoms with Crippen LogP contribution in [0.4, 0.5) is 0 Å². The van der Waals surface area contributed by atoms with Crippen LogP contribution < -0.4 is 10.6 Å². The molecule has 0 saturated carbocycles. The number of hydrogen-bond donors (Lipinski definition) is 2. The monoisotopic (exact) mass is 200 g/mol. The van der Waals surface area contributed by atoms with Crippen LogP contribution in [0.25, 0.3) is 0 Å². The third-order valence-electron chi connectivity index (χ3n) is 2.86. The van der Waals surface area contributed by atoms with Gasteiger partial charge in [0.1, 0.15) is 0 Å². The van der Waals surface area contributed by atoms with Gasteiger partial charge < -0.3 is 10.6 Å². The van der Waals surface area contributed by atoms with Crippen LogP contribution in [0.1, 0.15) is 40.5 Å². The molecule has 2 saturated heterocycles. The lowest BCUT2D eigenvalue weighted by Gasteiger charge is -2.36. The maximum absolute atomic E-state index is 3.44. The second-order valence-electron chi connectivity index (χ2n) is 3.51. The van der Waals surface area contributed by atoms with Crippen molar-refractivity contribution in [3.63, 3.8) is 0 Å². The van der Waals surface area contributed by atoms with Crippen LogP contribution in [0.3, 0.4) is 0 Å². The number of hydrogen-bond acceptors (Lipinski definition) is 2. The van der Waals surface area contributed by atoms with E-state index in [0.717, 1.165) is 11.8 Å². The Labute approximate surface area is 89.9 Å². The summed E-state index contributed by atoms with van der Waals surface area (Å²) in [5.41, 5.74) is 0. The summed E-state index contributed by atoms with van der Waals surface area (Å²) in [5.74, 6) is 1.96. The van der Waals surface area contributed by atoms with Gasteiger partial charge in [-0.3, -0.25) is 0 Å². The summed E-state index contributed by atoms with van der Waals surface area (Å²) < 4.78 is 0. The van der Waals surface area contributed by atoms with E-state index >= 15 is 0 Å². The van der Waals surface area contributed by atoms with Gasteiger partial charge in [0.05, 0.1) is 0 Å². The molecule has 2 nitrogen and oxygen atoms in total. The van der Waals surface area contributed by atoms with Crippen molar-refractivity contribution in [1.29, 1.82) is 0 Å². The zero-order valence-corrected chi connectivity index (χ0v) is 10.4. The standard InChI is InChI=1S/C8H16N2.2C2H6/c1-3-9-5-8-6-10-4-2-7(1)8;2*1-2/h7-10H,1-6H2;2*1-2H3. The maximum atomic E-state index is 3.44. The first-order valence-electron chi connectivity index (χ1n) is 6.38. The molecule has 2 heteroatoms. The van der Waals surface area contributed by atoms with Crippen LogP contribution in [-0.4, -0.2) is 26.2 Å². The van der Waals surface area contributed by atoms with E-state index in [-0.39, 0.29) is 0 Å². The minimum Gasteiger partial charge on any atom is -0.316 e. The van der Waals surface area contributed by atoms with Crippen molar-refractivity contribution < 1.29 is 0 Å². The van der Waals surface area contributed by atoms with Gasteiger partial charge in [0.25, 0.3) is 0 Å². The molecule has 2 aliphatic heterocycles. The van der Waals surface area contributed by atoms with Gasteiger partial charge in [-0.2, -0.15) is 0 Å². The van der Waals surface area contributed by atoms with E-state index in [0.29, 0.717) is 0 Å². The number of piperidine rings is 2. The summed E-state index contributed by atoms with van der Waals surface area (Å²) >= 11 is 0. The third-order valence-corrected chi connectivity index (χ3v) is 2.86. The molecule has 0 atom stereocenters. The molecular weight excluding hydrogens is 172 g/mol. The van der Waals surface area contributed by atoms with E-state index in [1.54, 1.807) is 0 Å². The normalized spacial score (nSPS) is 30.0. The van der Waals surface area contributed by atoms with Gasteiger partial charge in [0.15, 0.2) is 0 Å². The predicted octanol–water partition coefficient (Wildman–Crippen LogP) is 2.26. The minimum atomic E-state index is 0.933. The molecule has 0 spiro atoms. The molecule has 0 aromatic rings. The Morgan fingerprint density at radius 1 is 0.714 bits per heavy atom. The fourth-order valence-corrected chi connectivity index (χ4v) is 2.17. The highest BCUT2D eigenvalue weighted by Crippen LogP contribution is 2.24. The maximum Gasteiger partial charge on any atom is -0.000570 e. The Morgan fingerprint density at radius 3 is 1.50 bits per heavy atom. The summed E-state index contributed by atoms with van der Waals surface area (Å²) in [4.78, 5) is 0. The Balaban J connectivity index is 0.000000379. The number of nitrogens with one attached hydrogen (secondary N) is 2. The van der Waals surface area contributed by atoms with Crippen LogP contribution in [0.15, 0.2) is 0 Å². The molecule has 2 N–H and O–H groups in total. The van der Waals surface area contributed by atoms with Crippen molar-refractivity contribution in [3.8, 4) is 0 Å². The summed E-state index contributed by atoms with van der Waals surface area (Å²) in [5, 5.41) is 6.89. The second-order valence-corrected chi connectivity index (χ2v) is 3.51. The second kappa shape index (κ2) is 9.47. The Bertz CT molecular complexity index is 88.9. The average Bonchev–Trinajstić information content (AvgIpc) is 2.34. The highest BCUT2D eigenvalue weighted by Gasteiger charge is 2.26. The van der Waals surface area contributed by atoms with Crippen molar-refractivity contribution in [2.24, 2.45) is 11.8 Å². The van der Waals surface area contributed by atoms with Gasteiger partial charge in [-0.25, -0.2) is 0 Å². The van der Waals surface area contributed by atoms with Gasteiger partial charge >= 0.3 is 0 Å². The molecule has 14 heavy (non-hydrogen) atoms. The SMILES string of the molecule is C1CC2CCNCC2CN1.CC.CC. The molecule has 0 aliphatic carbocycles. The van der Waals surface area contributed by atoms with E-state index in [1.165, 1.54) is 39.0 Å². The van der Waals surface area contributed by atoms with Gasteiger partial charge in [-0.15, -0.1) is 0 Å². The molecular formula is C12H28N2. The third kappa shape index (κ3) is 4.43. The van der Waals surface area contributed by atoms with Gasteiger partial charge in [0, 0.05) is 0 Å². The molecule has 86 valence electrons. The zero-order chi connectivity index (χ0) is 10.8. The van der Waals surface area contributed by atoms with Gasteiger partial charge in [-0.1, -0.05) is 27.7 Å².